The molecule has 0 spiro atoms. The zero-order valence-corrected chi connectivity index (χ0v) is 11.7. The Morgan fingerprint density at radius 1 is 1.35 bits per heavy atom. The molecule has 3 rings (SSSR count). The summed E-state index contributed by atoms with van der Waals surface area (Å²) in [6.45, 7) is 0. The summed E-state index contributed by atoms with van der Waals surface area (Å²) in [5, 5.41) is 4.93. The smallest absolute Gasteiger partial charge is 0.258 e. The first kappa shape index (κ1) is 12.8. The Labute approximate surface area is 123 Å². The number of para-hydroxylation sites is 1. The number of carbonyl (C=O) groups excluding carboxylic acids is 1. The third kappa shape index (κ3) is 2.31. The molecule has 7 heteroatoms. The lowest BCUT2D eigenvalue weighted by Gasteiger charge is -2.05. The fourth-order valence-electron chi connectivity index (χ4n) is 1.74. The molecule has 0 saturated carbocycles. The molecule has 0 aliphatic rings. The van der Waals surface area contributed by atoms with Crippen molar-refractivity contribution >= 4 is 50.7 Å². The van der Waals surface area contributed by atoms with E-state index in [-0.39, 0.29) is 11.7 Å². The SMILES string of the molecule is Nc1cnc2scc(C(=O)Nc3ccccc3Cl)c2n1. The number of aromatic nitrogens is 2. The number of nitrogen functional groups attached to an aromatic ring is 1. The highest BCUT2D eigenvalue weighted by atomic mass is 35.5. The van der Waals surface area contributed by atoms with Crippen LogP contribution < -0.4 is 11.1 Å². The predicted octanol–water partition coefficient (Wildman–Crippen LogP) is 3.18. The third-order valence-corrected chi connectivity index (χ3v) is 3.87. The van der Waals surface area contributed by atoms with Gasteiger partial charge in [0.25, 0.3) is 5.91 Å². The molecule has 2 aromatic heterocycles. The van der Waals surface area contributed by atoms with Gasteiger partial charge in [0.2, 0.25) is 0 Å². The summed E-state index contributed by atoms with van der Waals surface area (Å²) >= 11 is 7.36. The minimum atomic E-state index is -0.288. The number of halogens is 1. The number of hydrogen-bond acceptors (Lipinski definition) is 5. The van der Waals surface area contributed by atoms with E-state index < -0.39 is 0 Å². The van der Waals surface area contributed by atoms with Gasteiger partial charge in [-0.15, -0.1) is 11.3 Å². The first-order chi connectivity index (χ1) is 9.65. The Hall–Kier alpha value is -2.18. The number of thiophene rings is 1. The molecule has 1 aromatic carbocycles. The number of hydrogen-bond donors (Lipinski definition) is 2. The Morgan fingerprint density at radius 3 is 2.95 bits per heavy atom. The number of nitrogens with two attached hydrogens (primary N) is 1. The first-order valence-electron chi connectivity index (χ1n) is 5.71. The molecular weight excluding hydrogens is 296 g/mol. The van der Waals surface area contributed by atoms with E-state index >= 15 is 0 Å². The highest BCUT2D eigenvalue weighted by molar-refractivity contribution is 7.17. The monoisotopic (exact) mass is 304 g/mol. The average Bonchev–Trinajstić information content (AvgIpc) is 2.84. The van der Waals surface area contributed by atoms with Gasteiger partial charge < -0.3 is 11.1 Å². The van der Waals surface area contributed by atoms with Gasteiger partial charge in [-0.2, -0.15) is 0 Å². The molecule has 3 N–H and O–H groups in total. The maximum Gasteiger partial charge on any atom is 0.258 e. The fourth-order valence-corrected chi connectivity index (χ4v) is 2.75. The van der Waals surface area contributed by atoms with Crippen LogP contribution in [0.15, 0.2) is 35.8 Å². The quantitative estimate of drug-likeness (QED) is 0.762. The number of benzene rings is 1. The number of carbonyl (C=O) groups is 1. The van der Waals surface area contributed by atoms with Gasteiger partial charge >= 0.3 is 0 Å². The lowest BCUT2D eigenvalue weighted by atomic mass is 10.2. The molecule has 0 fully saturated rings. The summed E-state index contributed by atoms with van der Waals surface area (Å²) in [7, 11) is 0. The van der Waals surface area contributed by atoms with Gasteiger partial charge in [-0.25, -0.2) is 9.97 Å². The maximum absolute atomic E-state index is 12.3. The largest absolute Gasteiger partial charge is 0.382 e. The number of amides is 1. The minimum Gasteiger partial charge on any atom is -0.382 e. The van der Waals surface area contributed by atoms with Crippen LogP contribution in [0.3, 0.4) is 0 Å². The van der Waals surface area contributed by atoms with Crippen LogP contribution in [0.25, 0.3) is 10.3 Å². The summed E-state index contributed by atoms with van der Waals surface area (Å²) in [4.78, 5) is 21.2. The summed E-state index contributed by atoms with van der Waals surface area (Å²) in [5.74, 6) is -0.00746. The van der Waals surface area contributed by atoms with Gasteiger partial charge in [0.15, 0.2) is 0 Å². The van der Waals surface area contributed by atoms with E-state index in [1.54, 1.807) is 29.6 Å². The van der Waals surface area contributed by atoms with Gasteiger partial charge in [0, 0.05) is 5.38 Å². The summed E-state index contributed by atoms with van der Waals surface area (Å²) in [5.41, 5.74) is 7.09. The molecule has 0 radical (unpaired) electrons. The second kappa shape index (κ2) is 5.07. The second-order valence-electron chi connectivity index (χ2n) is 4.03. The van der Waals surface area contributed by atoms with E-state index in [0.29, 0.717) is 26.6 Å². The van der Waals surface area contributed by atoms with Crippen LogP contribution in [0.4, 0.5) is 11.5 Å². The molecule has 0 atom stereocenters. The van der Waals surface area contributed by atoms with Crippen molar-refractivity contribution in [3.63, 3.8) is 0 Å². The molecule has 0 saturated heterocycles. The number of nitrogens with one attached hydrogen (secondary N) is 1. The van der Waals surface area contributed by atoms with E-state index in [4.69, 9.17) is 17.3 Å². The van der Waals surface area contributed by atoms with E-state index in [0.717, 1.165) is 0 Å². The lowest BCUT2D eigenvalue weighted by molar-refractivity contribution is 0.102. The number of fused-ring (bicyclic) bond motifs is 1. The molecule has 5 nitrogen and oxygen atoms in total. The van der Waals surface area contributed by atoms with Crippen molar-refractivity contribution in [2.75, 3.05) is 11.1 Å². The summed E-state index contributed by atoms with van der Waals surface area (Å²) in [6, 6.07) is 7.03. The zero-order chi connectivity index (χ0) is 14.1. The fraction of sp³-hybridized carbons (Fsp3) is 0. The molecule has 0 aliphatic heterocycles. The highest BCUT2D eigenvalue weighted by Crippen LogP contribution is 2.26. The van der Waals surface area contributed by atoms with Gasteiger partial charge in [-0.1, -0.05) is 23.7 Å². The van der Waals surface area contributed by atoms with Crippen LogP contribution in [0, 0.1) is 0 Å². The van der Waals surface area contributed by atoms with Crippen molar-refractivity contribution < 1.29 is 4.79 Å². The van der Waals surface area contributed by atoms with E-state index in [1.807, 2.05) is 0 Å². The van der Waals surface area contributed by atoms with Crippen LogP contribution in [0.5, 0.6) is 0 Å². The predicted molar refractivity (Wildman–Crippen MR) is 81.2 cm³/mol. The van der Waals surface area contributed by atoms with Crippen molar-refractivity contribution in [2.45, 2.75) is 0 Å². The molecule has 2 heterocycles. The molecule has 0 unspecified atom stereocenters. The topological polar surface area (TPSA) is 80.9 Å². The minimum absolute atomic E-state index is 0.280. The second-order valence-corrected chi connectivity index (χ2v) is 5.30. The average molecular weight is 305 g/mol. The van der Waals surface area contributed by atoms with Crippen molar-refractivity contribution in [1.29, 1.82) is 0 Å². The summed E-state index contributed by atoms with van der Waals surface area (Å²) in [6.07, 6.45) is 1.47. The maximum atomic E-state index is 12.3. The first-order valence-corrected chi connectivity index (χ1v) is 6.96. The lowest BCUT2D eigenvalue weighted by Crippen LogP contribution is -2.12. The van der Waals surface area contributed by atoms with Crippen molar-refractivity contribution in [2.24, 2.45) is 0 Å². The number of nitrogens with zero attached hydrogens (tertiary/aromatic N) is 2. The van der Waals surface area contributed by atoms with Crippen LogP contribution in [0.1, 0.15) is 10.4 Å². The van der Waals surface area contributed by atoms with Gasteiger partial charge in [0.1, 0.15) is 16.2 Å². The molecule has 0 aliphatic carbocycles. The van der Waals surface area contributed by atoms with Crippen molar-refractivity contribution in [3.05, 3.63) is 46.4 Å². The Bertz CT molecular complexity index is 802. The van der Waals surface area contributed by atoms with Crippen molar-refractivity contribution in [3.8, 4) is 0 Å². The highest BCUT2D eigenvalue weighted by Gasteiger charge is 2.15. The molecule has 100 valence electrons. The molecular formula is C13H9ClN4OS. The van der Waals surface area contributed by atoms with Crippen LogP contribution >= 0.6 is 22.9 Å². The number of rotatable bonds is 2. The van der Waals surface area contributed by atoms with Crippen LogP contribution in [-0.4, -0.2) is 15.9 Å². The standard InChI is InChI=1S/C13H9ClN4OS/c14-8-3-1-2-4-9(8)17-12(19)7-6-20-13-11(7)18-10(15)5-16-13/h1-6H,(H2,15,18)(H,17,19). The van der Waals surface area contributed by atoms with E-state index in [9.17, 15) is 4.79 Å². The van der Waals surface area contributed by atoms with Gasteiger partial charge in [-0.3, -0.25) is 4.79 Å². The van der Waals surface area contributed by atoms with E-state index in [1.165, 1.54) is 17.5 Å². The van der Waals surface area contributed by atoms with Gasteiger partial charge in [-0.05, 0) is 12.1 Å². The Kier molecular flexibility index (Phi) is 3.25. The van der Waals surface area contributed by atoms with Crippen LogP contribution in [0.2, 0.25) is 5.02 Å². The molecule has 0 bridgehead atoms. The van der Waals surface area contributed by atoms with Gasteiger partial charge in [0.05, 0.1) is 22.5 Å². The summed E-state index contributed by atoms with van der Waals surface area (Å²) < 4.78 is 0. The Morgan fingerprint density at radius 2 is 2.15 bits per heavy atom. The normalized spacial score (nSPS) is 10.7. The molecule has 20 heavy (non-hydrogen) atoms. The zero-order valence-electron chi connectivity index (χ0n) is 10.1. The van der Waals surface area contributed by atoms with Crippen molar-refractivity contribution in [1.82, 2.24) is 9.97 Å². The Balaban J connectivity index is 1.97. The van der Waals surface area contributed by atoms with Crippen LogP contribution in [-0.2, 0) is 0 Å². The van der Waals surface area contributed by atoms with E-state index in [2.05, 4.69) is 15.3 Å². The molecule has 1 amide bonds. The third-order valence-electron chi connectivity index (χ3n) is 2.67. The number of anilines is 2. The molecule has 3 aromatic rings.